The lowest BCUT2D eigenvalue weighted by molar-refractivity contribution is 0.0594. The number of para-hydroxylation sites is 1. The minimum Gasteiger partial charge on any atom is -0.464 e. The van der Waals surface area contributed by atoms with E-state index in [0.717, 1.165) is 23.2 Å². The van der Waals surface area contributed by atoms with Gasteiger partial charge in [-0.25, -0.2) is 14.6 Å². The summed E-state index contributed by atoms with van der Waals surface area (Å²) in [4.78, 5) is 30.8. The molecule has 0 spiro atoms. The van der Waals surface area contributed by atoms with Crippen LogP contribution < -0.4 is 5.32 Å². The molecule has 0 aliphatic rings. The van der Waals surface area contributed by atoms with Gasteiger partial charge in [0.15, 0.2) is 5.69 Å². The van der Waals surface area contributed by atoms with Crippen LogP contribution in [0, 0.1) is 5.92 Å². The van der Waals surface area contributed by atoms with E-state index < -0.39 is 5.97 Å². The quantitative estimate of drug-likeness (QED) is 0.510. The van der Waals surface area contributed by atoms with Gasteiger partial charge in [-0.15, -0.1) is 0 Å². The molecule has 0 bridgehead atoms. The molecule has 1 heterocycles. The molecule has 1 aromatic heterocycles. The molecule has 1 N–H and O–H groups in total. The highest BCUT2D eigenvalue weighted by Gasteiger charge is 2.22. The van der Waals surface area contributed by atoms with Gasteiger partial charge in [-0.2, -0.15) is 0 Å². The number of methoxy groups -OCH3 is 1. The number of carbonyl (C=O) groups excluding carboxylic acids is 2. The first-order valence-corrected chi connectivity index (χ1v) is 10.8. The molecule has 0 unspecified atom stereocenters. The molecule has 2 amide bonds. The zero-order chi connectivity index (χ0) is 23.1. The van der Waals surface area contributed by atoms with Gasteiger partial charge in [-0.05, 0) is 35.3 Å². The molecule has 1 aromatic carbocycles. The summed E-state index contributed by atoms with van der Waals surface area (Å²) in [5.41, 5.74) is 3.17. The van der Waals surface area contributed by atoms with E-state index in [1.165, 1.54) is 13.4 Å². The molecule has 2 rings (SSSR count). The van der Waals surface area contributed by atoms with Crippen LogP contribution in [0.15, 0.2) is 28.9 Å². The average Bonchev–Trinajstić information content (AvgIpc) is 3.18. The molecule has 170 valence electrons. The maximum absolute atomic E-state index is 13.3. The lowest BCUT2D eigenvalue weighted by Gasteiger charge is -2.26. The molecule has 0 saturated heterocycles. The first-order valence-electron chi connectivity index (χ1n) is 10.8. The molecule has 0 saturated carbocycles. The predicted octanol–water partition coefficient (Wildman–Crippen LogP) is 5.79. The number of amides is 2. The van der Waals surface area contributed by atoms with Crippen molar-refractivity contribution in [1.29, 1.82) is 0 Å². The van der Waals surface area contributed by atoms with E-state index in [1.807, 2.05) is 6.07 Å². The molecule has 0 aliphatic heterocycles. The van der Waals surface area contributed by atoms with E-state index in [9.17, 15) is 9.59 Å². The number of benzene rings is 1. The van der Waals surface area contributed by atoms with Crippen LogP contribution in [0.5, 0.6) is 0 Å². The van der Waals surface area contributed by atoms with Crippen LogP contribution in [0.3, 0.4) is 0 Å². The lowest BCUT2D eigenvalue weighted by atomic mass is 9.93. The number of oxazole rings is 1. The Morgan fingerprint density at radius 3 is 2.23 bits per heavy atom. The Kier molecular flexibility index (Phi) is 8.65. The van der Waals surface area contributed by atoms with Crippen LogP contribution in [-0.4, -0.2) is 35.5 Å². The largest absolute Gasteiger partial charge is 0.464 e. The van der Waals surface area contributed by atoms with Crippen molar-refractivity contribution >= 4 is 17.7 Å². The Labute approximate surface area is 185 Å². The standard InChI is InChI=1S/C24H35N3O4/c1-15(2)11-12-27(13-21-25-20(14-31-21)23(28)30-7)24(29)26-22-18(16(3)4)9-8-10-19(22)17(5)6/h8-10,14-17H,11-13H2,1-7H3,(H,26,29). The van der Waals surface area contributed by atoms with Crippen molar-refractivity contribution in [2.75, 3.05) is 19.0 Å². The summed E-state index contributed by atoms with van der Waals surface area (Å²) in [7, 11) is 1.29. The van der Waals surface area contributed by atoms with Gasteiger partial charge in [0.25, 0.3) is 0 Å². The molecule has 7 heteroatoms. The van der Waals surface area contributed by atoms with Crippen molar-refractivity contribution in [3.05, 3.63) is 47.2 Å². The van der Waals surface area contributed by atoms with Crippen molar-refractivity contribution in [3.63, 3.8) is 0 Å². The van der Waals surface area contributed by atoms with Gasteiger partial charge in [-0.3, -0.25) is 0 Å². The van der Waals surface area contributed by atoms with Gasteiger partial charge in [0.1, 0.15) is 6.26 Å². The number of anilines is 1. The Morgan fingerprint density at radius 2 is 1.71 bits per heavy atom. The van der Waals surface area contributed by atoms with Gasteiger partial charge in [0.2, 0.25) is 5.89 Å². The maximum atomic E-state index is 13.3. The zero-order valence-corrected chi connectivity index (χ0v) is 19.7. The normalized spacial score (nSPS) is 11.3. The highest BCUT2D eigenvalue weighted by molar-refractivity contribution is 5.91. The lowest BCUT2D eigenvalue weighted by Crippen LogP contribution is -2.36. The summed E-state index contributed by atoms with van der Waals surface area (Å²) in [5.74, 6) is 0.695. The minimum absolute atomic E-state index is 0.0916. The number of ether oxygens (including phenoxy) is 1. The molecule has 7 nitrogen and oxygen atoms in total. The van der Waals surface area contributed by atoms with Gasteiger partial charge in [-0.1, -0.05) is 59.7 Å². The number of urea groups is 1. The number of carbonyl (C=O) groups is 2. The smallest absolute Gasteiger partial charge is 0.360 e. The first-order chi connectivity index (χ1) is 14.6. The number of hydrogen-bond donors (Lipinski definition) is 1. The third-order valence-electron chi connectivity index (χ3n) is 5.14. The SMILES string of the molecule is COC(=O)c1coc(CN(CCC(C)C)C(=O)Nc2c(C(C)C)cccc2C(C)C)n1. The predicted molar refractivity (Wildman–Crippen MR) is 121 cm³/mol. The fourth-order valence-electron chi connectivity index (χ4n) is 3.29. The molecule has 0 atom stereocenters. The summed E-state index contributed by atoms with van der Waals surface area (Å²) >= 11 is 0. The summed E-state index contributed by atoms with van der Waals surface area (Å²) in [6.45, 7) is 13.4. The van der Waals surface area contributed by atoms with Crippen molar-refractivity contribution in [3.8, 4) is 0 Å². The van der Waals surface area contributed by atoms with E-state index in [2.05, 4.69) is 68.7 Å². The van der Waals surface area contributed by atoms with Crippen molar-refractivity contribution in [2.45, 2.75) is 66.3 Å². The Hall–Kier alpha value is -2.83. The highest BCUT2D eigenvalue weighted by Crippen LogP contribution is 2.32. The van der Waals surface area contributed by atoms with Crippen LogP contribution in [0.25, 0.3) is 0 Å². The molecular formula is C24H35N3O4. The van der Waals surface area contributed by atoms with Crippen LogP contribution in [-0.2, 0) is 11.3 Å². The minimum atomic E-state index is -0.569. The van der Waals surface area contributed by atoms with E-state index in [4.69, 9.17) is 4.42 Å². The maximum Gasteiger partial charge on any atom is 0.360 e. The Balaban J connectivity index is 2.30. The third-order valence-corrected chi connectivity index (χ3v) is 5.14. The van der Waals surface area contributed by atoms with Crippen molar-refractivity contribution < 1.29 is 18.7 Å². The first kappa shape index (κ1) is 24.4. The molecule has 0 fully saturated rings. The van der Waals surface area contributed by atoms with E-state index in [0.29, 0.717) is 18.4 Å². The Morgan fingerprint density at radius 1 is 1.10 bits per heavy atom. The van der Waals surface area contributed by atoms with Crippen molar-refractivity contribution in [2.24, 2.45) is 5.92 Å². The van der Waals surface area contributed by atoms with E-state index in [-0.39, 0.29) is 30.1 Å². The van der Waals surface area contributed by atoms with Crippen molar-refractivity contribution in [1.82, 2.24) is 9.88 Å². The number of esters is 1. The molecular weight excluding hydrogens is 394 g/mol. The summed E-state index contributed by atoms with van der Waals surface area (Å²) in [6.07, 6.45) is 2.09. The molecule has 2 aromatic rings. The molecule has 0 radical (unpaired) electrons. The topological polar surface area (TPSA) is 84.7 Å². The van der Waals surface area contributed by atoms with Gasteiger partial charge >= 0.3 is 12.0 Å². The third kappa shape index (κ3) is 6.57. The summed E-state index contributed by atoms with van der Waals surface area (Å²) < 4.78 is 10.1. The summed E-state index contributed by atoms with van der Waals surface area (Å²) in [5, 5.41) is 3.15. The second kappa shape index (κ2) is 11.0. The van der Waals surface area contributed by atoms with Crippen LogP contribution >= 0.6 is 0 Å². The number of aromatic nitrogens is 1. The fourth-order valence-corrected chi connectivity index (χ4v) is 3.29. The van der Waals surface area contributed by atoms with Crippen LogP contribution in [0.4, 0.5) is 10.5 Å². The monoisotopic (exact) mass is 429 g/mol. The van der Waals surface area contributed by atoms with Gasteiger partial charge in [0.05, 0.1) is 13.7 Å². The van der Waals surface area contributed by atoms with E-state index >= 15 is 0 Å². The second-order valence-electron chi connectivity index (χ2n) is 8.77. The average molecular weight is 430 g/mol. The number of hydrogen-bond acceptors (Lipinski definition) is 5. The van der Waals surface area contributed by atoms with Crippen LogP contribution in [0.2, 0.25) is 0 Å². The van der Waals surface area contributed by atoms with E-state index in [1.54, 1.807) is 4.90 Å². The van der Waals surface area contributed by atoms with Gasteiger partial charge in [0, 0.05) is 12.2 Å². The zero-order valence-electron chi connectivity index (χ0n) is 19.7. The van der Waals surface area contributed by atoms with Gasteiger partial charge < -0.3 is 19.4 Å². The van der Waals surface area contributed by atoms with Crippen LogP contribution in [0.1, 0.15) is 87.3 Å². The second-order valence-corrected chi connectivity index (χ2v) is 8.77. The number of rotatable bonds is 9. The fraction of sp³-hybridized carbons (Fsp3) is 0.542. The molecule has 0 aliphatic carbocycles. The summed E-state index contributed by atoms with van der Waals surface area (Å²) in [6, 6.07) is 5.94. The highest BCUT2D eigenvalue weighted by atomic mass is 16.5. The number of nitrogens with zero attached hydrogens (tertiary/aromatic N) is 2. The number of nitrogens with one attached hydrogen (secondary N) is 1. The molecule has 31 heavy (non-hydrogen) atoms. The Bertz CT molecular complexity index is 860.